The highest BCUT2D eigenvalue weighted by atomic mass is 19.1. The Morgan fingerprint density at radius 3 is 2.75 bits per heavy atom. The Morgan fingerprint density at radius 1 is 1.55 bits per heavy atom. The van der Waals surface area contributed by atoms with E-state index in [4.69, 9.17) is 10.5 Å². The number of rotatable bonds is 6. The smallest absolute Gasteiger partial charge is 0.298 e. The predicted molar refractivity (Wildman–Crippen MR) is 66.1 cm³/mol. The van der Waals surface area contributed by atoms with E-state index in [2.05, 4.69) is 0 Å². The van der Waals surface area contributed by atoms with E-state index in [0.29, 0.717) is 12.1 Å². The van der Waals surface area contributed by atoms with Crippen LogP contribution in [-0.2, 0) is 9.53 Å². The van der Waals surface area contributed by atoms with Crippen LogP contribution >= 0.6 is 0 Å². The lowest BCUT2D eigenvalue weighted by atomic mass is 10.2. The molecule has 1 rings (SSSR count). The predicted octanol–water partition coefficient (Wildman–Crippen LogP) is 1.18. The molecule has 0 bridgehead atoms. The molecule has 1 aromatic carbocycles. The highest BCUT2D eigenvalue weighted by Crippen LogP contribution is 2.28. The van der Waals surface area contributed by atoms with E-state index in [0.717, 1.165) is 0 Å². The molecule has 0 spiro atoms. The summed E-state index contributed by atoms with van der Waals surface area (Å²) in [4.78, 5) is 21.4. The second-order valence-electron chi connectivity index (χ2n) is 3.92. The summed E-state index contributed by atoms with van der Waals surface area (Å²) in [7, 11) is 1.41. The maximum atomic E-state index is 13.5. The fourth-order valence-electron chi connectivity index (χ4n) is 1.42. The molecule has 7 nitrogen and oxygen atoms in total. The minimum atomic E-state index is -1.25. The quantitative estimate of drug-likeness (QED) is 0.604. The van der Waals surface area contributed by atoms with Gasteiger partial charge in [-0.25, -0.2) is 8.78 Å². The minimum Gasteiger partial charge on any atom is -0.385 e. The van der Waals surface area contributed by atoms with Gasteiger partial charge in [0.25, 0.3) is 5.69 Å². The molecule has 1 aromatic rings. The summed E-state index contributed by atoms with van der Waals surface area (Å²) in [5.74, 6) is -3.18. The number of hydrogen-bond donors (Lipinski definition) is 2. The fourth-order valence-corrected chi connectivity index (χ4v) is 1.42. The van der Waals surface area contributed by atoms with Crippen LogP contribution in [0.3, 0.4) is 0 Å². The molecule has 9 heteroatoms. The molecule has 0 saturated heterocycles. The Labute approximate surface area is 112 Å². The molecule has 0 radical (unpaired) electrons. The van der Waals surface area contributed by atoms with Crippen molar-refractivity contribution in [1.82, 2.24) is 0 Å². The molecule has 0 aliphatic carbocycles. The lowest BCUT2D eigenvalue weighted by Gasteiger charge is -2.12. The van der Waals surface area contributed by atoms with Gasteiger partial charge in [-0.05, 0) is 6.42 Å². The van der Waals surface area contributed by atoms with Crippen LogP contribution in [0, 0.1) is 21.7 Å². The number of hydrogen-bond acceptors (Lipinski definition) is 5. The van der Waals surface area contributed by atoms with Crippen molar-refractivity contribution in [2.45, 2.75) is 12.5 Å². The topological polar surface area (TPSA) is 107 Å². The van der Waals surface area contributed by atoms with E-state index in [1.807, 2.05) is 5.32 Å². The minimum absolute atomic E-state index is 0.152. The van der Waals surface area contributed by atoms with Gasteiger partial charge < -0.3 is 15.8 Å². The van der Waals surface area contributed by atoms with Crippen LogP contribution in [0.25, 0.3) is 0 Å². The van der Waals surface area contributed by atoms with Crippen LogP contribution in [0.1, 0.15) is 6.42 Å². The van der Waals surface area contributed by atoms with Crippen molar-refractivity contribution in [3.8, 4) is 0 Å². The summed E-state index contributed by atoms with van der Waals surface area (Å²) >= 11 is 0. The van der Waals surface area contributed by atoms with E-state index >= 15 is 0 Å². The van der Waals surface area contributed by atoms with Crippen LogP contribution < -0.4 is 11.1 Å². The van der Waals surface area contributed by atoms with Crippen molar-refractivity contribution in [2.24, 2.45) is 5.73 Å². The molecule has 0 aliphatic heterocycles. The van der Waals surface area contributed by atoms with Gasteiger partial charge in [0.05, 0.1) is 17.0 Å². The standard InChI is InChI=1S/C11H13F2N3O4/c1-20-3-2-8(14)11(17)15-10-7(13)4-6(12)5-9(10)16(18)19/h4-5,8H,2-3,14H2,1H3,(H,15,17). The number of halogens is 2. The third-order valence-corrected chi connectivity index (χ3v) is 2.45. The van der Waals surface area contributed by atoms with Gasteiger partial charge in [0.2, 0.25) is 5.91 Å². The number of methoxy groups -OCH3 is 1. The molecule has 3 N–H and O–H groups in total. The number of nitro groups is 1. The second-order valence-corrected chi connectivity index (χ2v) is 3.92. The summed E-state index contributed by atoms with van der Waals surface area (Å²) in [5, 5.41) is 12.7. The molecule has 0 saturated carbocycles. The van der Waals surface area contributed by atoms with Crippen molar-refractivity contribution >= 4 is 17.3 Å². The van der Waals surface area contributed by atoms with Gasteiger partial charge in [-0.3, -0.25) is 14.9 Å². The summed E-state index contributed by atoms with van der Waals surface area (Å²) < 4.78 is 31.2. The van der Waals surface area contributed by atoms with Crippen LogP contribution in [0.15, 0.2) is 12.1 Å². The molecule has 0 aromatic heterocycles. The van der Waals surface area contributed by atoms with Gasteiger partial charge in [-0.2, -0.15) is 0 Å². The first kappa shape index (κ1) is 15.9. The maximum Gasteiger partial charge on any atom is 0.298 e. The second kappa shape index (κ2) is 6.87. The first-order valence-electron chi connectivity index (χ1n) is 5.55. The Balaban J connectivity index is 2.97. The van der Waals surface area contributed by atoms with Gasteiger partial charge in [0, 0.05) is 19.8 Å². The molecular weight excluding hydrogens is 276 g/mol. The van der Waals surface area contributed by atoms with Crippen molar-refractivity contribution in [1.29, 1.82) is 0 Å². The zero-order valence-corrected chi connectivity index (χ0v) is 10.6. The van der Waals surface area contributed by atoms with E-state index in [9.17, 15) is 23.7 Å². The van der Waals surface area contributed by atoms with Gasteiger partial charge in [0.15, 0.2) is 11.5 Å². The van der Waals surface area contributed by atoms with E-state index in [1.165, 1.54) is 7.11 Å². The first-order valence-corrected chi connectivity index (χ1v) is 5.55. The van der Waals surface area contributed by atoms with Gasteiger partial charge in [-0.15, -0.1) is 0 Å². The Hall–Kier alpha value is -2.13. The molecule has 0 aliphatic rings. The van der Waals surface area contributed by atoms with E-state index < -0.39 is 39.9 Å². The highest BCUT2D eigenvalue weighted by Gasteiger charge is 2.24. The molecule has 1 amide bonds. The number of nitrogens with two attached hydrogens (primary N) is 1. The lowest BCUT2D eigenvalue weighted by Crippen LogP contribution is -2.36. The van der Waals surface area contributed by atoms with Crippen LogP contribution in [0.2, 0.25) is 0 Å². The Bertz CT molecular complexity index is 525. The summed E-state index contributed by atoms with van der Waals surface area (Å²) in [6.07, 6.45) is 0.152. The average Bonchev–Trinajstić information content (AvgIpc) is 2.38. The third kappa shape index (κ3) is 3.93. The largest absolute Gasteiger partial charge is 0.385 e. The fraction of sp³-hybridized carbons (Fsp3) is 0.364. The summed E-state index contributed by atoms with van der Waals surface area (Å²) in [6, 6.07) is -0.0816. The van der Waals surface area contributed by atoms with Crippen molar-refractivity contribution in [3.05, 3.63) is 33.9 Å². The van der Waals surface area contributed by atoms with Gasteiger partial charge in [-0.1, -0.05) is 0 Å². The number of nitrogens with zero attached hydrogens (tertiary/aromatic N) is 1. The van der Waals surface area contributed by atoms with Crippen molar-refractivity contribution in [2.75, 3.05) is 19.0 Å². The average molecular weight is 289 g/mol. The van der Waals surface area contributed by atoms with Crippen LogP contribution in [0.5, 0.6) is 0 Å². The molecule has 20 heavy (non-hydrogen) atoms. The van der Waals surface area contributed by atoms with E-state index in [-0.39, 0.29) is 13.0 Å². The molecule has 110 valence electrons. The zero-order valence-electron chi connectivity index (χ0n) is 10.6. The zero-order chi connectivity index (χ0) is 15.3. The number of anilines is 1. The molecule has 1 unspecified atom stereocenters. The number of ether oxygens (including phenoxy) is 1. The van der Waals surface area contributed by atoms with Gasteiger partial charge >= 0.3 is 0 Å². The number of nitrogens with one attached hydrogen (secondary N) is 1. The molecular formula is C11H13F2N3O4. The lowest BCUT2D eigenvalue weighted by molar-refractivity contribution is -0.384. The van der Waals surface area contributed by atoms with Crippen molar-refractivity contribution in [3.63, 3.8) is 0 Å². The number of carbonyl (C=O) groups excluding carboxylic acids is 1. The SMILES string of the molecule is COCCC(N)C(=O)Nc1c(F)cc(F)cc1[N+](=O)[O-]. The first-order chi connectivity index (χ1) is 9.36. The number of nitro benzene ring substituents is 1. The van der Waals surface area contributed by atoms with Crippen molar-refractivity contribution < 1.29 is 23.2 Å². The van der Waals surface area contributed by atoms with E-state index in [1.54, 1.807) is 0 Å². The molecule has 1 atom stereocenters. The summed E-state index contributed by atoms with van der Waals surface area (Å²) in [5.41, 5.74) is 3.91. The number of amides is 1. The molecule has 0 heterocycles. The Morgan fingerprint density at radius 2 is 2.20 bits per heavy atom. The third-order valence-electron chi connectivity index (χ3n) is 2.45. The summed E-state index contributed by atoms with van der Waals surface area (Å²) in [6.45, 7) is 0.197. The Kier molecular flexibility index (Phi) is 5.47. The maximum absolute atomic E-state index is 13.5. The normalized spacial score (nSPS) is 12.0. The van der Waals surface area contributed by atoms with Crippen LogP contribution in [0.4, 0.5) is 20.2 Å². The highest BCUT2D eigenvalue weighted by molar-refractivity contribution is 5.96. The van der Waals surface area contributed by atoms with Gasteiger partial charge in [0.1, 0.15) is 5.82 Å². The molecule has 0 fully saturated rings. The number of benzene rings is 1. The van der Waals surface area contributed by atoms with Crippen LogP contribution in [-0.4, -0.2) is 30.6 Å². The monoisotopic (exact) mass is 289 g/mol. The number of carbonyl (C=O) groups is 1.